The van der Waals surface area contributed by atoms with Gasteiger partial charge in [0.1, 0.15) is 34.1 Å². The van der Waals surface area contributed by atoms with Crippen molar-refractivity contribution in [3.05, 3.63) is 79.9 Å². The van der Waals surface area contributed by atoms with Gasteiger partial charge in [0.2, 0.25) is 0 Å². The van der Waals surface area contributed by atoms with E-state index in [2.05, 4.69) is 23.8 Å². The maximum atomic E-state index is 12.1. The Labute approximate surface area is 228 Å². The molecule has 0 aliphatic carbocycles. The molecule has 5 rings (SSSR count). The van der Waals surface area contributed by atoms with Crippen molar-refractivity contribution < 1.29 is 19.0 Å². The van der Waals surface area contributed by atoms with Crippen LogP contribution in [-0.4, -0.2) is 44.4 Å². The van der Waals surface area contributed by atoms with E-state index in [0.29, 0.717) is 47.6 Å². The largest absolute Gasteiger partial charge is 0.507 e. The van der Waals surface area contributed by atoms with Crippen molar-refractivity contribution >= 4 is 40.6 Å². The smallest absolute Gasteiger partial charge is 0.348 e. The van der Waals surface area contributed by atoms with Gasteiger partial charge in [-0.1, -0.05) is 26.0 Å². The lowest BCUT2D eigenvalue weighted by atomic mass is 10.1. The fourth-order valence-electron chi connectivity index (χ4n) is 4.26. The van der Waals surface area contributed by atoms with Crippen LogP contribution in [0.4, 0.5) is 5.69 Å². The number of nitrogens with zero attached hydrogens (tertiary/aromatic N) is 2. The van der Waals surface area contributed by atoms with Crippen molar-refractivity contribution in [3.63, 3.8) is 0 Å². The zero-order chi connectivity index (χ0) is 27.4. The summed E-state index contributed by atoms with van der Waals surface area (Å²) in [5, 5.41) is 20.6. The predicted octanol–water partition coefficient (Wildman–Crippen LogP) is 5.63. The van der Waals surface area contributed by atoms with E-state index in [4.69, 9.17) is 8.83 Å². The van der Waals surface area contributed by atoms with Crippen LogP contribution in [0.5, 0.6) is 11.5 Å². The zero-order valence-corrected chi connectivity index (χ0v) is 23.3. The summed E-state index contributed by atoms with van der Waals surface area (Å²) in [6, 6.07) is 10.7. The van der Waals surface area contributed by atoms with Crippen molar-refractivity contribution in [2.75, 3.05) is 12.3 Å². The Morgan fingerprint density at radius 2 is 1.45 bits per heavy atom. The van der Waals surface area contributed by atoms with E-state index in [1.807, 2.05) is 36.0 Å². The molecule has 200 valence electrons. The van der Waals surface area contributed by atoms with Crippen LogP contribution in [0.15, 0.2) is 69.7 Å². The molecule has 0 spiro atoms. The lowest BCUT2D eigenvalue weighted by Crippen LogP contribution is -2.17. The summed E-state index contributed by atoms with van der Waals surface area (Å²) < 4.78 is 10.1. The quantitative estimate of drug-likeness (QED) is 0.418. The minimum absolute atomic E-state index is 0.0309. The number of fused-ring (bicyclic) bond motifs is 1. The van der Waals surface area contributed by atoms with Gasteiger partial charge in [0.05, 0.1) is 17.1 Å². The Balaban J connectivity index is 0.000000181. The molecule has 1 aromatic carbocycles. The molecule has 4 heterocycles. The summed E-state index contributed by atoms with van der Waals surface area (Å²) >= 11 is 3.54. The number of hydrogen-bond donors (Lipinski definition) is 2. The first-order valence-electron chi connectivity index (χ1n) is 12.3. The summed E-state index contributed by atoms with van der Waals surface area (Å²) in [6.07, 6.45) is 1.28. The maximum Gasteiger partial charge on any atom is 0.348 e. The number of benzene rings is 1. The van der Waals surface area contributed by atoms with Crippen molar-refractivity contribution in [2.24, 2.45) is 9.98 Å². The first-order chi connectivity index (χ1) is 18.1. The normalized spacial score (nSPS) is 19.2. The highest BCUT2D eigenvalue weighted by Gasteiger charge is 2.23. The Hall–Kier alpha value is -3.24. The average molecular weight is 555 g/mol. The van der Waals surface area contributed by atoms with E-state index in [0.717, 1.165) is 16.3 Å². The monoisotopic (exact) mass is 554 g/mol. The van der Waals surface area contributed by atoms with Gasteiger partial charge < -0.3 is 19.0 Å². The van der Waals surface area contributed by atoms with E-state index in [1.54, 1.807) is 25.6 Å². The topological polar surface area (TPSA) is 126 Å². The van der Waals surface area contributed by atoms with E-state index in [1.165, 1.54) is 12.1 Å². The number of thioether (sulfide) groups is 2. The SMILES string of the molecule is Cc1cc(O)c(C2=NCCSC(C)C2)c(=O)o1.Cc1cc(O)c(C2=Nc3ccccc3SC(C)C2)c(=O)o1. The predicted molar refractivity (Wildman–Crippen MR) is 153 cm³/mol. The Kier molecular flexibility index (Phi) is 8.83. The molecular formula is C28H30N2O6S2. The van der Waals surface area contributed by atoms with Crippen LogP contribution in [0.1, 0.15) is 49.3 Å². The van der Waals surface area contributed by atoms with Crippen molar-refractivity contribution in [1.29, 1.82) is 0 Å². The summed E-state index contributed by atoms with van der Waals surface area (Å²) in [4.78, 5) is 33.9. The molecule has 2 unspecified atom stereocenters. The van der Waals surface area contributed by atoms with Crippen LogP contribution in [0.3, 0.4) is 0 Å². The first kappa shape index (κ1) is 27.8. The van der Waals surface area contributed by atoms with Crippen molar-refractivity contribution in [1.82, 2.24) is 0 Å². The van der Waals surface area contributed by atoms with Crippen molar-refractivity contribution in [3.8, 4) is 11.5 Å². The summed E-state index contributed by atoms with van der Waals surface area (Å²) in [5.41, 5.74) is 1.42. The molecule has 0 radical (unpaired) electrons. The van der Waals surface area contributed by atoms with E-state index in [9.17, 15) is 19.8 Å². The standard InChI is InChI=1S/C16H15NO3S.C12H15NO3S/c1-9-7-13(18)15(16(19)20-9)12-8-10(2)21-14-6-4-3-5-11(14)17-12;1-7-5-10(14)11(12(15)16-7)9-6-8(2)17-4-3-13-9/h3-7,10,18H,8H2,1-2H3;5,8,14H,3-4,6H2,1-2H3. The van der Waals surface area contributed by atoms with Crippen LogP contribution >= 0.6 is 23.5 Å². The number of rotatable bonds is 2. The Morgan fingerprint density at radius 1 is 0.868 bits per heavy atom. The highest BCUT2D eigenvalue weighted by atomic mass is 32.2. The Bertz CT molecular complexity index is 1510. The highest BCUT2D eigenvalue weighted by Crippen LogP contribution is 2.38. The molecule has 2 aromatic heterocycles. The van der Waals surface area contributed by atoms with Gasteiger partial charge in [-0.05, 0) is 26.0 Å². The molecule has 10 heteroatoms. The average Bonchev–Trinajstić information content (AvgIpc) is 3.12. The molecule has 8 nitrogen and oxygen atoms in total. The Morgan fingerprint density at radius 3 is 2.08 bits per heavy atom. The highest BCUT2D eigenvalue weighted by molar-refractivity contribution is 8.00. The molecule has 0 saturated carbocycles. The van der Waals surface area contributed by atoms with Crippen LogP contribution < -0.4 is 11.3 Å². The first-order valence-corrected chi connectivity index (χ1v) is 14.2. The molecule has 0 bridgehead atoms. The number of aliphatic imine (C=N–C) groups is 2. The van der Waals surface area contributed by atoms with Crippen LogP contribution in [0.25, 0.3) is 0 Å². The van der Waals surface area contributed by atoms with Gasteiger partial charge >= 0.3 is 11.3 Å². The number of hydrogen-bond acceptors (Lipinski definition) is 10. The van der Waals surface area contributed by atoms with Crippen LogP contribution in [0.2, 0.25) is 0 Å². The molecule has 2 atom stereocenters. The van der Waals surface area contributed by atoms with Crippen LogP contribution in [-0.2, 0) is 0 Å². The molecule has 2 aliphatic rings. The number of para-hydroxylation sites is 1. The van der Waals surface area contributed by atoms with Crippen molar-refractivity contribution in [2.45, 2.75) is 55.9 Å². The van der Waals surface area contributed by atoms with Gasteiger partial charge in [0.15, 0.2) is 0 Å². The third-order valence-electron chi connectivity index (χ3n) is 5.89. The number of aryl methyl sites for hydroxylation is 2. The van der Waals surface area contributed by atoms with Gasteiger partial charge in [0, 0.05) is 52.7 Å². The third-order valence-corrected chi connectivity index (χ3v) is 8.21. The second-order valence-electron chi connectivity index (χ2n) is 9.18. The molecule has 2 N–H and O–H groups in total. The number of aromatic hydroxyl groups is 2. The summed E-state index contributed by atoms with van der Waals surface area (Å²) in [6.45, 7) is 8.12. The van der Waals surface area contributed by atoms with Gasteiger partial charge in [-0.25, -0.2) is 9.59 Å². The summed E-state index contributed by atoms with van der Waals surface area (Å²) in [7, 11) is 0. The molecule has 0 saturated heterocycles. The van der Waals surface area contributed by atoms with Crippen LogP contribution in [0, 0.1) is 13.8 Å². The second-order valence-corrected chi connectivity index (χ2v) is 12.2. The lowest BCUT2D eigenvalue weighted by Gasteiger charge is -2.09. The fraction of sp³-hybridized carbons (Fsp3) is 0.357. The molecule has 0 amide bonds. The zero-order valence-electron chi connectivity index (χ0n) is 21.7. The van der Waals surface area contributed by atoms with Gasteiger partial charge in [-0.15, -0.1) is 11.8 Å². The molecular weight excluding hydrogens is 524 g/mol. The maximum absolute atomic E-state index is 12.1. The molecule has 0 fully saturated rings. The minimum Gasteiger partial charge on any atom is -0.507 e. The third kappa shape index (κ3) is 6.60. The van der Waals surface area contributed by atoms with E-state index in [-0.39, 0.29) is 27.9 Å². The summed E-state index contributed by atoms with van der Waals surface area (Å²) in [5.74, 6) is 1.64. The van der Waals surface area contributed by atoms with E-state index < -0.39 is 11.3 Å². The minimum atomic E-state index is -0.539. The second kappa shape index (κ2) is 12.1. The van der Waals surface area contributed by atoms with Gasteiger partial charge in [-0.2, -0.15) is 11.8 Å². The fourth-order valence-corrected chi connectivity index (χ4v) is 6.20. The molecule has 2 aliphatic heterocycles. The van der Waals surface area contributed by atoms with E-state index >= 15 is 0 Å². The lowest BCUT2D eigenvalue weighted by molar-refractivity contribution is 0.431. The molecule has 38 heavy (non-hydrogen) atoms. The molecule has 3 aromatic rings. The van der Waals surface area contributed by atoms with Gasteiger partial charge in [-0.3, -0.25) is 9.98 Å². The van der Waals surface area contributed by atoms with Gasteiger partial charge in [0.25, 0.3) is 0 Å².